The molecule has 5 heteroatoms. The standard InChI is InChI=1S/C22H24N2O3/c1-5-26-20-12-11-18(17-9-7-13-23-21(17)20)24-22(25)16(4)27-19-10-6-8-14(2)15(19)3/h6-13,16H,5H2,1-4H3,(H,24,25)/t16-/m1/s1. The Labute approximate surface area is 159 Å². The van der Waals surface area contributed by atoms with Crippen LogP contribution in [-0.2, 0) is 4.79 Å². The van der Waals surface area contributed by atoms with Crippen LogP contribution in [0.25, 0.3) is 10.9 Å². The van der Waals surface area contributed by atoms with Gasteiger partial charge in [0.2, 0.25) is 0 Å². The molecule has 0 unspecified atom stereocenters. The lowest BCUT2D eigenvalue weighted by Crippen LogP contribution is -2.30. The first-order chi connectivity index (χ1) is 13.0. The summed E-state index contributed by atoms with van der Waals surface area (Å²) in [4.78, 5) is 17.1. The lowest BCUT2D eigenvalue weighted by Gasteiger charge is -2.18. The quantitative estimate of drug-likeness (QED) is 0.691. The summed E-state index contributed by atoms with van der Waals surface area (Å²) < 4.78 is 11.5. The van der Waals surface area contributed by atoms with Crippen molar-refractivity contribution in [3.05, 3.63) is 59.8 Å². The maximum absolute atomic E-state index is 12.7. The summed E-state index contributed by atoms with van der Waals surface area (Å²) in [6.45, 7) is 8.23. The fourth-order valence-corrected chi connectivity index (χ4v) is 2.86. The molecule has 5 nitrogen and oxygen atoms in total. The van der Waals surface area contributed by atoms with Crippen LogP contribution in [-0.4, -0.2) is 23.6 Å². The molecule has 0 saturated heterocycles. The molecule has 3 aromatic rings. The molecule has 0 spiro atoms. The van der Waals surface area contributed by atoms with Gasteiger partial charge in [0, 0.05) is 11.6 Å². The van der Waals surface area contributed by atoms with E-state index in [1.165, 1.54) is 0 Å². The second kappa shape index (κ2) is 8.08. The van der Waals surface area contributed by atoms with Crippen molar-refractivity contribution < 1.29 is 14.3 Å². The zero-order valence-electron chi connectivity index (χ0n) is 16.1. The highest BCUT2D eigenvalue weighted by atomic mass is 16.5. The van der Waals surface area contributed by atoms with Crippen molar-refractivity contribution in [1.82, 2.24) is 4.98 Å². The van der Waals surface area contributed by atoms with Gasteiger partial charge in [0.05, 0.1) is 12.3 Å². The maximum Gasteiger partial charge on any atom is 0.265 e. The van der Waals surface area contributed by atoms with Crippen LogP contribution in [0.2, 0.25) is 0 Å². The molecule has 0 bridgehead atoms. The van der Waals surface area contributed by atoms with Gasteiger partial charge in [-0.15, -0.1) is 0 Å². The third kappa shape index (κ3) is 4.03. The second-order valence-corrected chi connectivity index (χ2v) is 6.39. The number of pyridine rings is 1. The molecular formula is C22H24N2O3. The predicted octanol–water partition coefficient (Wildman–Crippen LogP) is 4.66. The Morgan fingerprint density at radius 1 is 1.11 bits per heavy atom. The Hall–Kier alpha value is -3.08. The van der Waals surface area contributed by atoms with Crippen molar-refractivity contribution in [2.45, 2.75) is 33.8 Å². The number of amides is 1. The fraction of sp³-hybridized carbons (Fsp3) is 0.273. The van der Waals surface area contributed by atoms with E-state index in [1.54, 1.807) is 13.1 Å². The number of fused-ring (bicyclic) bond motifs is 1. The number of rotatable bonds is 6. The zero-order chi connectivity index (χ0) is 19.4. The summed E-state index contributed by atoms with van der Waals surface area (Å²) in [6.07, 6.45) is 1.08. The SMILES string of the molecule is CCOc1ccc(NC(=O)[C@@H](C)Oc2cccc(C)c2C)c2cccnc12. The first-order valence-electron chi connectivity index (χ1n) is 9.05. The maximum atomic E-state index is 12.7. The van der Waals surface area contributed by atoms with E-state index in [2.05, 4.69) is 10.3 Å². The minimum atomic E-state index is -0.635. The van der Waals surface area contributed by atoms with Gasteiger partial charge < -0.3 is 14.8 Å². The number of benzene rings is 2. The molecule has 140 valence electrons. The fourth-order valence-electron chi connectivity index (χ4n) is 2.86. The molecule has 0 aliphatic carbocycles. The van der Waals surface area contributed by atoms with Crippen LogP contribution < -0.4 is 14.8 Å². The van der Waals surface area contributed by atoms with E-state index in [0.717, 1.165) is 27.8 Å². The Morgan fingerprint density at radius 3 is 2.70 bits per heavy atom. The minimum Gasteiger partial charge on any atom is -0.492 e. The van der Waals surface area contributed by atoms with Crippen LogP contribution >= 0.6 is 0 Å². The molecule has 27 heavy (non-hydrogen) atoms. The highest BCUT2D eigenvalue weighted by Gasteiger charge is 2.18. The van der Waals surface area contributed by atoms with E-state index in [0.29, 0.717) is 18.0 Å². The number of ether oxygens (including phenoxy) is 2. The molecule has 0 aliphatic heterocycles. The third-order valence-electron chi connectivity index (χ3n) is 4.52. The summed E-state index contributed by atoms with van der Waals surface area (Å²) in [5.74, 6) is 1.20. The molecular weight excluding hydrogens is 340 g/mol. The van der Waals surface area contributed by atoms with E-state index in [1.807, 2.05) is 63.2 Å². The van der Waals surface area contributed by atoms with Gasteiger partial charge in [0.15, 0.2) is 6.10 Å². The number of aryl methyl sites for hydroxylation is 1. The number of hydrogen-bond donors (Lipinski definition) is 1. The van der Waals surface area contributed by atoms with Crippen molar-refractivity contribution in [3.63, 3.8) is 0 Å². The Balaban J connectivity index is 1.81. The van der Waals surface area contributed by atoms with Crippen LogP contribution in [0, 0.1) is 13.8 Å². The molecule has 3 rings (SSSR count). The smallest absolute Gasteiger partial charge is 0.265 e. The zero-order valence-corrected chi connectivity index (χ0v) is 16.1. The number of nitrogens with zero attached hydrogens (tertiary/aromatic N) is 1. The Morgan fingerprint density at radius 2 is 1.93 bits per heavy atom. The van der Waals surface area contributed by atoms with Gasteiger partial charge in [-0.3, -0.25) is 9.78 Å². The first kappa shape index (κ1) is 18.7. The lowest BCUT2D eigenvalue weighted by atomic mass is 10.1. The van der Waals surface area contributed by atoms with Gasteiger partial charge in [-0.1, -0.05) is 12.1 Å². The normalized spacial score (nSPS) is 11.9. The summed E-state index contributed by atoms with van der Waals surface area (Å²) in [7, 11) is 0. The number of carbonyl (C=O) groups excluding carboxylic acids is 1. The van der Waals surface area contributed by atoms with Crippen molar-refractivity contribution >= 4 is 22.5 Å². The number of aromatic nitrogens is 1. The van der Waals surface area contributed by atoms with Crippen LogP contribution in [0.1, 0.15) is 25.0 Å². The monoisotopic (exact) mass is 364 g/mol. The summed E-state index contributed by atoms with van der Waals surface area (Å²) in [5.41, 5.74) is 3.57. The first-order valence-corrected chi connectivity index (χ1v) is 9.05. The van der Waals surface area contributed by atoms with Gasteiger partial charge in [0.1, 0.15) is 17.0 Å². The van der Waals surface area contributed by atoms with E-state index in [-0.39, 0.29) is 5.91 Å². The molecule has 1 aromatic heterocycles. The number of nitrogens with one attached hydrogen (secondary N) is 1. The molecule has 2 aromatic carbocycles. The highest BCUT2D eigenvalue weighted by Crippen LogP contribution is 2.30. The van der Waals surface area contributed by atoms with E-state index < -0.39 is 6.10 Å². The average molecular weight is 364 g/mol. The molecule has 1 atom stereocenters. The number of carbonyl (C=O) groups is 1. The molecule has 0 saturated carbocycles. The van der Waals surface area contributed by atoms with E-state index in [9.17, 15) is 4.79 Å². The molecule has 1 N–H and O–H groups in total. The Kier molecular flexibility index (Phi) is 5.60. The topological polar surface area (TPSA) is 60.5 Å². The lowest BCUT2D eigenvalue weighted by molar-refractivity contribution is -0.122. The molecule has 0 fully saturated rings. The van der Waals surface area contributed by atoms with Crippen molar-refractivity contribution in [2.75, 3.05) is 11.9 Å². The van der Waals surface area contributed by atoms with Gasteiger partial charge in [0.25, 0.3) is 5.91 Å². The van der Waals surface area contributed by atoms with Crippen molar-refractivity contribution in [1.29, 1.82) is 0 Å². The van der Waals surface area contributed by atoms with Crippen LogP contribution in [0.15, 0.2) is 48.7 Å². The predicted molar refractivity (Wildman–Crippen MR) is 108 cm³/mol. The largest absolute Gasteiger partial charge is 0.492 e. The summed E-state index contributed by atoms with van der Waals surface area (Å²) >= 11 is 0. The van der Waals surface area contributed by atoms with Crippen molar-refractivity contribution in [2.24, 2.45) is 0 Å². The Bertz CT molecular complexity index is 969. The van der Waals surface area contributed by atoms with Crippen LogP contribution in [0.5, 0.6) is 11.5 Å². The number of anilines is 1. The molecule has 1 heterocycles. The van der Waals surface area contributed by atoms with Crippen LogP contribution in [0.4, 0.5) is 5.69 Å². The third-order valence-corrected chi connectivity index (χ3v) is 4.52. The molecule has 0 aliphatic rings. The van der Waals surface area contributed by atoms with E-state index >= 15 is 0 Å². The minimum absolute atomic E-state index is 0.217. The summed E-state index contributed by atoms with van der Waals surface area (Å²) in [6, 6.07) is 13.2. The van der Waals surface area contributed by atoms with Crippen LogP contribution in [0.3, 0.4) is 0 Å². The van der Waals surface area contributed by atoms with E-state index in [4.69, 9.17) is 9.47 Å². The van der Waals surface area contributed by atoms with Gasteiger partial charge in [-0.25, -0.2) is 0 Å². The molecule has 1 amide bonds. The van der Waals surface area contributed by atoms with Gasteiger partial charge in [-0.2, -0.15) is 0 Å². The highest BCUT2D eigenvalue weighted by molar-refractivity contribution is 6.04. The summed E-state index contributed by atoms with van der Waals surface area (Å²) in [5, 5.41) is 3.78. The van der Waals surface area contributed by atoms with Gasteiger partial charge in [-0.05, 0) is 69.2 Å². The van der Waals surface area contributed by atoms with Crippen molar-refractivity contribution in [3.8, 4) is 11.5 Å². The number of hydrogen-bond acceptors (Lipinski definition) is 4. The average Bonchev–Trinajstić information content (AvgIpc) is 2.67. The molecule has 0 radical (unpaired) electrons. The second-order valence-electron chi connectivity index (χ2n) is 6.39. The van der Waals surface area contributed by atoms with Gasteiger partial charge >= 0.3 is 0 Å².